The summed E-state index contributed by atoms with van der Waals surface area (Å²) in [4.78, 5) is 17.2. The Kier molecular flexibility index (Phi) is 3.88. The molecule has 3 aromatic rings. The molecule has 3 nitrogen and oxygen atoms in total. The predicted octanol–water partition coefficient (Wildman–Crippen LogP) is 4.10. The highest BCUT2D eigenvalue weighted by Gasteiger charge is 2.34. The zero-order chi connectivity index (χ0) is 15.7. The van der Waals surface area contributed by atoms with E-state index in [0.717, 1.165) is 20.5 Å². The number of nitrogens with zero attached hydrogens (tertiary/aromatic N) is 2. The van der Waals surface area contributed by atoms with Crippen molar-refractivity contribution in [2.24, 2.45) is 0 Å². The lowest BCUT2D eigenvalue weighted by molar-refractivity contribution is -0.138. The van der Waals surface area contributed by atoms with Gasteiger partial charge in [0.05, 0.1) is 17.1 Å². The van der Waals surface area contributed by atoms with Gasteiger partial charge in [0.15, 0.2) is 0 Å². The number of aromatic nitrogens is 2. The van der Waals surface area contributed by atoms with Gasteiger partial charge >= 0.3 is 6.18 Å². The van der Waals surface area contributed by atoms with Crippen molar-refractivity contribution in [2.75, 3.05) is 0 Å². The average molecular weight is 342 g/mol. The Bertz CT molecular complexity index is 834. The minimum absolute atomic E-state index is 0.0185. The molecule has 0 aliphatic rings. The minimum atomic E-state index is -4.65. The van der Waals surface area contributed by atoms with Crippen LogP contribution in [-0.2, 0) is 12.7 Å². The molecule has 22 heavy (non-hydrogen) atoms. The van der Waals surface area contributed by atoms with E-state index >= 15 is 0 Å². The Labute approximate surface area is 131 Å². The fourth-order valence-corrected chi connectivity index (χ4v) is 3.57. The second kappa shape index (κ2) is 5.69. The lowest BCUT2D eigenvalue weighted by Gasteiger charge is -2.09. The molecule has 0 radical (unpaired) electrons. The van der Waals surface area contributed by atoms with Crippen LogP contribution in [0.4, 0.5) is 13.2 Å². The largest absolute Gasteiger partial charge is 0.421 e. The first kappa shape index (κ1) is 15.0. The fourth-order valence-electron chi connectivity index (χ4n) is 1.94. The van der Waals surface area contributed by atoms with E-state index in [4.69, 9.17) is 0 Å². The molecule has 0 aliphatic heterocycles. The van der Waals surface area contributed by atoms with E-state index in [1.54, 1.807) is 5.38 Å². The van der Waals surface area contributed by atoms with Gasteiger partial charge in [-0.3, -0.25) is 4.79 Å². The van der Waals surface area contributed by atoms with Crippen LogP contribution in [-0.4, -0.2) is 9.55 Å². The van der Waals surface area contributed by atoms with E-state index in [1.165, 1.54) is 34.9 Å². The van der Waals surface area contributed by atoms with Crippen LogP contribution in [0.25, 0.3) is 9.88 Å². The maximum Gasteiger partial charge on any atom is 0.421 e. The number of hydrogen-bond acceptors (Lipinski definition) is 4. The number of pyridine rings is 1. The first-order chi connectivity index (χ1) is 10.4. The van der Waals surface area contributed by atoms with Gasteiger partial charge in [-0.2, -0.15) is 13.2 Å². The molecule has 0 saturated heterocycles. The number of hydrogen-bond donors (Lipinski definition) is 0. The van der Waals surface area contributed by atoms with Crippen LogP contribution in [0.1, 0.15) is 11.3 Å². The molecule has 3 aromatic heterocycles. The molecule has 0 aliphatic carbocycles. The molecule has 3 rings (SSSR count). The van der Waals surface area contributed by atoms with E-state index in [9.17, 15) is 18.0 Å². The van der Waals surface area contributed by atoms with Crippen LogP contribution in [0, 0.1) is 0 Å². The zero-order valence-electron chi connectivity index (χ0n) is 11.0. The Hall–Kier alpha value is -1.93. The van der Waals surface area contributed by atoms with Crippen LogP contribution in [0.5, 0.6) is 0 Å². The molecule has 0 atom stereocenters. The van der Waals surface area contributed by atoms with Crippen molar-refractivity contribution in [2.45, 2.75) is 12.7 Å². The molecule has 0 amide bonds. The van der Waals surface area contributed by atoms with Crippen LogP contribution in [0.2, 0.25) is 0 Å². The van der Waals surface area contributed by atoms with Gasteiger partial charge in [0.25, 0.3) is 5.56 Å². The molecule has 0 saturated carbocycles. The molecule has 8 heteroatoms. The van der Waals surface area contributed by atoms with Gasteiger partial charge in [0, 0.05) is 11.6 Å². The summed E-state index contributed by atoms with van der Waals surface area (Å²) in [5, 5.41) is 4.47. The Balaban J connectivity index is 1.90. The summed E-state index contributed by atoms with van der Waals surface area (Å²) in [5.41, 5.74) is -1.65. The highest BCUT2D eigenvalue weighted by Crippen LogP contribution is 2.28. The molecule has 114 valence electrons. The first-order valence-corrected chi connectivity index (χ1v) is 7.96. The highest BCUT2D eigenvalue weighted by atomic mass is 32.1. The van der Waals surface area contributed by atoms with Crippen LogP contribution < -0.4 is 5.56 Å². The number of thiophene rings is 1. The van der Waals surface area contributed by atoms with E-state index in [-0.39, 0.29) is 6.54 Å². The molecule has 0 spiro atoms. The van der Waals surface area contributed by atoms with E-state index in [0.29, 0.717) is 5.69 Å². The number of halogens is 3. The van der Waals surface area contributed by atoms with Crippen molar-refractivity contribution in [1.82, 2.24) is 9.55 Å². The van der Waals surface area contributed by atoms with Crippen molar-refractivity contribution in [3.05, 3.63) is 62.8 Å². The third kappa shape index (κ3) is 2.97. The number of alkyl halides is 3. The smallest absolute Gasteiger partial charge is 0.309 e. The second-order valence-corrected chi connectivity index (χ2v) is 6.28. The second-order valence-electron chi connectivity index (χ2n) is 4.47. The van der Waals surface area contributed by atoms with E-state index in [2.05, 4.69) is 4.98 Å². The molecule has 0 unspecified atom stereocenters. The van der Waals surface area contributed by atoms with Gasteiger partial charge < -0.3 is 4.57 Å². The van der Waals surface area contributed by atoms with Crippen LogP contribution in [0.15, 0.2) is 46.0 Å². The quantitative estimate of drug-likeness (QED) is 0.718. The van der Waals surface area contributed by atoms with Gasteiger partial charge in [-0.25, -0.2) is 4.98 Å². The third-order valence-electron chi connectivity index (χ3n) is 2.94. The Morgan fingerprint density at radius 2 is 2.00 bits per heavy atom. The molecule has 0 N–H and O–H groups in total. The normalized spacial score (nSPS) is 11.8. The van der Waals surface area contributed by atoms with Crippen LogP contribution in [0.3, 0.4) is 0 Å². The van der Waals surface area contributed by atoms with E-state index in [1.807, 2.05) is 17.5 Å². The maximum atomic E-state index is 12.7. The Morgan fingerprint density at radius 1 is 1.18 bits per heavy atom. The molecular formula is C14H9F3N2OS2. The monoisotopic (exact) mass is 342 g/mol. The average Bonchev–Trinajstić information content (AvgIpc) is 3.10. The summed E-state index contributed by atoms with van der Waals surface area (Å²) in [7, 11) is 0. The highest BCUT2D eigenvalue weighted by molar-refractivity contribution is 7.20. The standard InChI is InChI=1S/C14H9F3N2OS2/c15-14(16,17)10-3-1-5-19(13(10)20)7-9-8-22-12(18-9)11-4-2-6-21-11/h1-6,8H,7H2. The minimum Gasteiger partial charge on any atom is -0.309 e. The van der Waals surface area contributed by atoms with Gasteiger partial charge in [0.1, 0.15) is 10.6 Å². The lowest BCUT2D eigenvalue weighted by Crippen LogP contribution is -2.28. The number of rotatable bonds is 3. The summed E-state index contributed by atoms with van der Waals surface area (Å²) in [6.45, 7) is 0.0185. The molecule has 0 fully saturated rings. The molecule has 0 bridgehead atoms. The van der Waals surface area contributed by atoms with Crippen LogP contribution >= 0.6 is 22.7 Å². The van der Waals surface area contributed by atoms with Gasteiger partial charge in [-0.1, -0.05) is 6.07 Å². The molecule has 0 aromatic carbocycles. The SMILES string of the molecule is O=c1c(C(F)(F)F)cccn1Cc1csc(-c2cccs2)n1. The maximum absolute atomic E-state index is 12.7. The topological polar surface area (TPSA) is 34.9 Å². The van der Waals surface area contributed by atoms with Crippen molar-refractivity contribution >= 4 is 22.7 Å². The summed E-state index contributed by atoms with van der Waals surface area (Å²) < 4.78 is 39.2. The predicted molar refractivity (Wildman–Crippen MR) is 80.2 cm³/mol. The summed E-state index contributed by atoms with van der Waals surface area (Å²) in [6, 6.07) is 5.83. The van der Waals surface area contributed by atoms with Crippen molar-refractivity contribution in [3.8, 4) is 9.88 Å². The molecular weight excluding hydrogens is 333 g/mol. The summed E-state index contributed by atoms with van der Waals surface area (Å²) >= 11 is 2.94. The van der Waals surface area contributed by atoms with Crippen molar-refractivity contribution in [3.63, 3.8) is 0 Å². The third-order valence-corrected chi connectivity index (χ3v) is 4.87. The number of thiazole rings is 1. The van der Waals surface area contributed by atoms with Crippen molar-refractivity contribution in [1.29, 1.82) is 0 Å². The lowest BCUT2D eigenvalue weighted by atomic mass is 10.2. The summed E-state index contributed by atoms with van der Waals surface area (Å²) in [5.74, 6) is 0. The summed E-state index contributed by atoms with van der Waals surface area (Å²) in [6.07, 6.45) is -3.31. The van der Waals surface area contributed by atoms with E-state index < -0.39 is 17.3 Å². The fraction of sp³-hybridized carbons (Fsp3) is 0.143. The first-order valence-electron chi connectivity index (χ1n) is 6.20. The Morgan fingerprint density at radius 3 is 2.68 bits per heavy atom. The molecule has 3 heterocycles. The van der Waals surface area contributed by atoms with Crippen molar-refractivity contribution < 1.29 is 13.2 Å². The van der Waals surface area contributed by atoms with Gasteiger partial charge in [-0.15, -0.1) is 22.7 Å². The zero-order valence-corrected chi connectivity index (χ0v) is 12.6. The van der Waals surface area contributed by atoms with Gasteiger partial charge in [-0.05, 0) is 23.6 Å². The van der Waals surface area contributed by atoms with Gasteiger partial charge in [0.2, 0.25) is 0 Å².